The van der Waals surface area contributed by atoms with Crippen LogP contribution in [0.1, 0.15) is 0 Å². The molecule has 2 heterocycles. The summed E-state index contributed by atoms with van der Waals surface area (Å²) in [5.74, 6) is 0.465. The van der Waals surface area contributed by atoms with Gasteiger partial charge in [0, 0.05) is 11.2 Å². The lowest BCUT2D eigenvalue weighted by Crippen LogP contribution is -2.56. The Morgan fingerprint density at radius 1 is 1.27 bits per heavy atom. The zero-order chi connectivity index (χ0) is 15.7. The van der Waals surface area contributed by atoms with Crippen molar-refractivity contribution >= 4 is 37.6 Å². The van der Waals surface area contributed by atoms with E-state index in [1.165, 1.54) is 16.4 Å². The van der Waals surface area contributed by atoms with Gasteiger partial charge in [0.2, 0.25) is 15.9 Å². The standard InChI is InChI=1S/C14H12BrClN2O3S/c15-13-5-2-6-17-14(13)21-11-8-18(9-11)22(19,20)12-4-1-3-10(16)7-12/h1-7,11H,8-9H2. The van der Waals surface area contributed by atoms with E-state index in [2.05, 4.69) is 20.9 Å². The van der Waals surface area contributed by atoms with Gasteiger partial charge in [-0.25, -0.2) is 13.4 Å². The largest absolute Gasteiger partial charge is 0.471 e. The van der Waals surface area contributed by atoms with Gasteiger partial charge in [-0.2, -0.15) is 4.31 Å². The van der Waals surface area contributed by atoms with E-state index in [0.29, 0.717) is 10.9 Å². The third-order valence-corrected chi connectivity index (χ3v) is 5.92. The van der Waals surface area contributed by atoms with Crippen LogP contribution in [0.2, 0.25) is 5.02 Å². The van der Waals surface area contributed by atoms with Crippen molar-refractivity contribution < 1.29 is 13.2 Å². The van der Waals surface area contributed by atoms with Gasteiger partial charge >= 0.3 is 0 Å². The Balaban J connectivity index is 1.67. The van der Waals surface area contributed by atoms with Crippen LogP contribution < -0.4 is 4.74 Å². The Morgan fingerprint density at radius 3 is 2.73 bits per heavy atom. The summed E-state index contributed by atoms with van der Waals surface area (Å²) >= 11 is 9.19. The molecule has 8 heteroatoms. The molecule has 22 heavy (non-hydrogen) atoms. The average Bonchev–Trinajstić information content (AvgIpc) is 2.44. The van der Waals surface area contributed by atoms with Crippen LogP contribution in [-0.4, -0.2) is 36.9 Å². The molecule has 0 saturated carbocycles. The number of benzene rings is 1. The van der Waals surface area contributed by atoms with Crippen LogP contribution >= 0.6 is 27.5 Å². The average molecular weight is 404 g/mol. The van der Waals surface area contributed by atoms with Crippen molar-refractivity contribution in [3.8, 4) is 5.88 Å². The first kappa shape index (κ1) is 15.7. The van der Waals surface area contributed by atoms with E-state index in [1.807, 2.05) is 6.07 Å². The van der Waals surface area contributed by atoms with Crippen LogP contribution in [0.15, 0.2) is 52.0 Å². The van der Waals surface area contributed by atoms with Crippen molar-refractivity contribution in [2.24, 2.45) is 0 Å². The SMILES string of the molecule is O=S(=O)(c1cccc(Cl)c1)N1CC(Oc2ncccc2Br)C1. The molecule has 1 aromatic heterocycles. The van der Waals surface area contributed by atoms with Crippen molar-refractivity contribution in [2.75, 3.05) is 13.1 Å². The van der Waals surface area contributed by atoms with Gasteiger partial charge in [0.15, 0.2) is 0 Å². The van der Waals surface area contributed by atoms with E-state index in [0.717, 1.165) is 4.47 Å². The van der Waals surface area contributed by atoms with Crippen molar-refractivity contribution in [3.63, 3.8) is 0 Å². The Morgan fingerprint density at radius 2 is 2.05 bits per heavy atom. The topological polar surface area (TPSA) is 59.5 Å². The van der Waals surface area contributed by atoms with Gasteiger partial charge in [-0.05, 0) is 46.3 Å². The monoisotopic (exact) mass is 402 g/mol. The minimum Gasteiger partial charge on any atom is -0.471 e. The van der Waals surface area contributed by atoms with Crippen LogP contribution in [0.25, 0.3) is 0 Å². The molecule has 0 bridgehead atoms. The quantitative estimate of drug-likeness (QED) is 0.787. The van der Waals surface area contributed by atoms with Crippen LogP contribution in [0.5, 0.6) is 5.88 Å². The lowest BCUT2D eigenvalue weighted by atomic mass is 10.2. The molecule has 1 aromatic carbocycles. The number of ether oxygens (including phenoxy) is 1. The summed E-state index contributed by atoms with van der Waals surface area (Å²) in [6.07, 6.45) is 1.42. The van der Waals surface area contributed by atoms with Gasteiger partial charge in [0.1, 0.15) is 6.10 Å². The van der Waals surface area contributed by atoms with Gasteiger partial charge in [0.05, 0.1) is 22.5 Å². The van der Waals surface area contributed by atoms with E-state index in [-0.39, 0.29) is 24.1 Å². The molecule has 0 aliphatic carbocycles. The lowest BCUT2D eigenvalue weighted by molar-refractivity contribution is 0.0713. The lowest BCUT2D eigenvalue weighted by Gasteiger charge is -2.37. The second-order valence-corrected chi connectivity index (χ2v) is 8.04. The summed E-state index contributed by atoms with van der Waals surface area (Å²) < 4.78 is 32.6. The van der Waals surface area contributed by atoms with E-state index in [4.69, 9.17) is 16.3 Å². The van der Waals surface area contributed by atoms with E-state index in [9.17, 15) is 8.42 Å². The Kier molecular flexibility index (Phi) is 4.40. The van der Waals surface area contributed by atoms with Crippen molar-refractivity contribution in [1.82, 2.24) is 9.29 Å². The van der Waals surface area contributed by atoms with E-state index in [1.54, 1.807) is 24.4 Å². The fraction of sp³-hybridized carbons (Fsp3) is 0.214. The number of halogens is 2. The number of pyridine rings is 1. The molecule has 0 atom stereocenters. The Hall–Kier alpha value is -1.15. The first-order chi connectivity index (χ1) is 10.5. The minimum absolute atomic E-state index is 0.192. The molecule has 1 fully saturated rings. The normalized spacial score (nSPS) is 16.3. The van der Waals surface area contributed by atoms with Crippen molar-refractivity contribution in [1.29, 1.82) is 0 Å². The van der Waals surface area contributed by atoms with Gasteiger partial charge in [-0.1, -0.05) is 17.7 Å². The molecular weight excluding hydrogens is 392 g/mol. The Labute approximate surface area is 142 Å². The smallest absolute Gasteiger partial charge is 0.243 e. The van der Waals surface area contributed by atoms with Gasteiger partial charge < -0.3 is 4.74 Å². The van der Waals surface area contributed by atoms with E-state index >= 15 is 0 Å². The number of sulfonamides is 1. The second kappa shape index (κ2) is 6.16. The molecule has 0 N–H and O–H groups in total. The van der Waals surface area contributed by atoms with Crippen LogP contribution in [-0.2, 0) is 10.0 Å². The van der Waals surface area contributed by atoms with Crippen LogP contribution in [0.4, 0.5) is 0 Å². The summed E-state index contributed by atoms with van der Waals surface area (Å²) in [7, 11) is -3.52. The Bertz CT molecular complexity index is 794. The molecule has 0 spiro atoms. The third kappa shape index (κ3) is 3.12. The maximum Gasteiger partial charge on any atom is 0.243 e. The maximum atomic E-state index is 12.4. The number of aromatic nitrogens is 1. The van der Waals surface area contributed by atoms with Gasteiger partial charge in [0.25, 0.3) is 0 Å². The molecule has 5 nitrogen and oxygen atoms in total. The predicted octanol–water partition coefficient (Wildman–Crippen LogP) is 2.95. The van der Waals surface area contributed by atoms with Crippen molar-refractivity contribution in [2.45, 2.75) is 11.0 Å². The fourth-order valence-corrected chi connectivity index (χ4v) is 4.22. The summed E-state index contributed by atoms with van der Waals surface area (Å²) in [6.45, 7) is 0.579. The van der Waals surface area contributed by atoms with Crippen molar-refractivity contribution in [3.05, 3.63) is 52.1 Å². The molecule has 0 amide bonds. The van der Waals surface area contributed by atoms with Gasteiger partial charge in [-0.3, -0.25) is 0 Å². The third-order valence-electron chi connectivity index (χ3n) is 3.25. The highest BCUT2D eigenvalue weighted by Crippen LogP contribution is 2.28. The van der Waals surface area contributed by atoms with Crippen LogP contribution in [0, 0.1) is 0 Å². The number of hydrogen-bond donors (Lipinski definition) is 0. The minimum atomic E-state index is -3.52. The number of rotatable bonds is 4. The summed E-state index contributed by atoms with van der Waals surface area (Å²) in [6, 6.07) is 9.84. The van der Waals surface area contributed by atoms with Crippen LogP contribution in [0.3, 0.4) is 0 Å². The molecule has 3 rings (SSSR count). The molecule has 1 aliphatic rings. The van der Waals surface area contributed by atoms with Gasteiger partial charge in [-0.15, -0.1) is 0 Å². The predicted molar refractivity (Wildman–Crippen MR) is 86.6 cm³/mol. The zero-order valence-electron chi connectivity index (χ0n) is 11.3. The summed E-state index contributed by atoms with van der Waals surface area (Å²) in [5, 5.41) is 0.395. The van der Waals surface area contributed by atoms with E-state index < -0.39 is 10.0 Å². The highest BCUT2D eigenvalue weighted by Gasteiger charge is 2.38. The first-order valence-corrected chi connectivity index (χ1v) is 9.11. The molecule has 0 unspecified atom stereocenters. The molecular formula is C14H12BrClN2O3S. The molecule has 2 aromatic rings. The summed E-state index contributed by atoms with van der Waals surface area (Å²) in [4.78, 5) is 4.29. The molecule has 1 saturated heterocycles. The zero-order valence-corrected chi connectivity index (χ0v) is 14.5. The highest BCUT2D eigenvalue weighted by atomic mass is 79.9. The molecule has 116 valence electrons. The number of hydrogen-bond acceptors (Lipinski definition) is 4. The second-order valence-electron chi connectivity index (χ2n) is 4.81. The highest BCUT2D eigenvalue weighted by molar-refractivity contribution is 9.10. The maximum absolute atomic E-state index is 12.4. The summed E-state index contributed by atoms with van der Waals surface area (Å²) in [5.41, 5.74) is 0. The molecule has 0 radical (unpaired) electrons. The first-order valence-electron chi connectivity index (χ1n) is 6.50. The number of nitrogens with zero attached hydrogens (tertiary/aromatic N) is 2. The molecule has 1 aliphatic heterocycles. The fourth-order valence-electron chi connectivity index (χ4n) is 2.06.